The molecule has 6 rings (SSSR count). The number of rotatable bonds is 9. The van der Waals surface area contributed by atoms with Crippen LogP contribution >= 0.6 is 23.2 Å². The first-order valence-electron chi connectivity index (χ1n) is 14.1. The first-order chi connectivity index (χ1) is 21.3. The van der Waals surface area contributed by atoms with E-state index >= 15 is 0 Å². The number of para-hydroxylation sites is 1. The normalized spacial score (nSPS) is 12.5. The Labute approximate surface area is 264 Å². The number of aryl methyl sites for hydroxylation is 1. The number of halogens is 2. The van der Waals surface area contributed by atoms with Gasteiger partial charge in [-0.3, -0.25) is 19.3 Å². The summed E-state index contributed by atoms with van der Waals surface area (Å²) in [6.07, 6.45) is 0. The van der Waals surface area contributed by atoms with Gasteiger partial charge in [-0.25, -0.2) is 4.98 Å². The molecule has 3 amide bonds. The van der Waals surface area contributed by atoms with E-state index in [0.29, 0.717) is 33.0 Å². The zero-order chi connectivity index (χ0) is 30.8. The van der Waals surface area contributed by atoms with Gasteiger partial charge >= 0.3 is 0 Å². The van der Waals surface area contributed by atoms with Gasteiger partial charge in [0.05, 0.1) is 21.7 Å². The highest BCUT2D eigenvalue weighted by molar-refractivity contribution is 6.38. The summed E-state index contributed by atoms with van der Waals surface area (Å²) in [4.78, 5) is 47.4. The van der Waals surface area contributed by atoms with Gasteiger partial charge in [-0.05, 0) is 48.9 Å². The molecule has 220 valence electrons. The Hall–Kier alpha value is -4.72. The highest BCUT2D eigenvalue weighted by Crippen LogP contribution is 2.32. The van der Waals surface area contributed by atoms with E-state index < -0.39 is 0 Å². The minimum atomic E-state index is -0.375. The molecular formula is C35H27Cl2N3O4. The number of imide groups is 1. The third-order valence-electron chi connectivity index (χ3n) is 7.59. The molecule has 9 heteroatoms. The molecule has 0 fully saturated rings. The smallest absolute Gasteiger partial charge is 0.261 e. The van der Waals surface area contributed by atoms with Gasteiger partial charge in [0, 0.05) is 41.3 Å². The molecule has 1 aliphatic rings. The summed E-state index contributed by atoms with van der Waals surface area (Å²) in [6.45, 7) is 2.30. The number of ether oxygens (including phenoxy) is 1. The predicted octanol–water partition coefficient (Wildman–Crippen LogP) is 7.37. The number of benzene rings is 4. The lowest BCUT2D eigenvalue weighted by Gasteiger charge is -2.26. The largest absolute Gasteiger partial charge is 0.487 e. The van der Waals surface area contributed by atoms with Crippen LogP contribution in [0.2, 0.25) is 10.0 Å². The second kappa shape index (κ2) is 12.5. The number of fused-ring (bicyclic) bond motifs is 2. The summed E-state index contributed by atoms with van der Waals surface area (Å²) in [5.74, 6) is -0.544. The van der Waals surface area contributed by atoms with Crippen molar-refractivity contribution in [2.75, 3.05) is 13.1 Å². The van der Waals surface area contributed by atoms with Crippen molar-refractivity contribution in [2.24, 2.45) is 0 Å². The first-order valence-corrected chi connectivity index (χ1v) is 14.8. The van der Waals surface area contributed by atoms with Crippen molar-refractivity contribution in [1.82, 2.24) is 14.8 Å². The lowest BCUT2D eigenvalue weighted by Crippen LogP contribution is -2.40. The maximum atomic E-state index is 14.1. The Bertz CT molecular complexity index is 1880. The Morgan fingerprint density at radius 2 is 1.55 bits per heavy atom. The molecule has 0 bridgehead atoms. The average Bonchev–Trinajstić information content (AvgIpc) is 3.28. The third kappa shape index (κ3) is 5.76. The molecule has 2 heterocycles. The summed E-state index contributed by atoms with van der Waals surface area (Å²) in [5, 5.41) is 1.46. The summed E-state index contributed by atoms with van der Waals surface area (Å²) >= 11 is 13.4. The number of carbonyl (C=O) groups is 3. The molecule has 1 aromatic heterocycles. The number of aromatic nitrogens is 1. The number of hydrogen-bond donors (Lipinski definition) is 0. The van der Waals surface area contributed by atoms with Crippen LogP contribution < -0.4 is 4.74 Å². The molecule has 0 radical (unpaired) electrons. The van der Waals surface area contributed by atoms with Crippen molar-refractivity contribution in [3.05, 3.63) is 141 Å². The zero-order valence-electron chi connectivity index (χ0n) is 23.8. The summed E-state index contributed by atoms with van der Waals surface area (Å²) < 4.78 is 6.14. The van der Waals surface area contributed by atoms with Gasteiger partial charge in [0.25, 0.3) is 17.7 Å². The van der Waals surface area contributed by atoms with Gasteiger partial charge in [-0.2, -0.15) is 0 Å². The lowest BCUT2D eigenvalue weighted by atomic mass is 10.1. The molecular weight excluding hydrogens is 597 g/mol. The SMILES string of the molecule is Cc1ccc2cccc(OCc3c(Cl)ccc(C(=O)N(CCN4C(=O)c5ccccc5C4=O)Cc4ccccc4)c3Cl)c2n1. The van der Waals surface area contributed by atoms with E-state index in [1.54, 1.807) is 41.3 Å². The van der Waals surface area contributed by atoms with Crippen molar-refractivity contribution in [2.45, 2.75) is 20.1 Å². The monoisotopic (exact) mass is 623 g/mol. The summed E-state index contributed by atoms with van der Waals surface area (Å²) in [7, 11) is 0. The molecule has 0 aliphatic carbocycles. The van der Waals surface area contributed by atoms with Crippen molar-refractivity contribution >= 4 is 51.8 Å². The van der Waals surface area contributed by atoms with E-state index in [-0.39, 0.29) is 54.5 Å². The van der Waals surface area contributed by atoms with Crippen LogP contribution in [-0.4, -0.2) is 45.6 Å². The minimum absolute atomic E-state index is 0.0151. The van der Waals surface area contributed by atoms with Gasteiger partial charge in [-0.1, -0.05) is 83.9 Å². The Kier molecular flexibility index (Phi) is 8.33. The van der Waals surface area contributed by atoms with Gasteiger partial charge in [0.2, 0.25) is 0 Å². The maximum absolute atomic E-state index is 14.1. The van der Waals surface area contributed by atoms with E-state index in [0.717, 1.165) is 16.6 Å². The van der Waals surface area contributed by atoms with Gasteiger partial charge < -0.3 is 9.64 Å². The standard InChI is InChI=1S/C35H27Cl2N3O4/c1-22-14-15-24-10-7-13-30(32(24)38-22)44-21-28-29(36)17-16-27(31(28)37)33(41)39(20-23-8-3-2-4-9-23)18-19-40-34(42)25-11-5-6-12-26(25)35(40)43/h2-17H,18-21H2,1H3. The van der Waals surface area contributed by atoms with Crippen LogP contribution in [-0.2, 0) is 13.2 Å². The maximum Gasteiger partial charge on any atom is 0.261 e. The van der Waals surface area contributed by atoms with Crippen molar-refractivity contribution < 1.29 is 19.1 Å². The second-order valence-corrected chi connectivity index (χ2v) is 11.3. The molecule has 0 saturated heterocycles. The van der Waals surface area contributed by atoms with Crippen LogP contribution in [0.15, 0.2) is 97.1 Å². The lowest BCUT2D eigenvalue weighted by molar-refractivity contribution is 0.0593. The molecule has 7 nitrogen and oxygen atoms in total. The fourth-order valence-electron chi connectivity index (χ4n) is 5.27. The average molecular weight is 625 g/mol. The Balaban J connectivity index is 1.26. The predicted molar refractivity (Wildman–Crippen MR) is 170 cm³/mol. The second-order valence-electron chi connectivity index (χ2n) is 10.5. The molecule has 0 saturated carbocycles. The van der Waals surface area contributed by atoms with Crippen molar-refractivity contribution in [3.8, 4) is 5.75 Å². The third-order valence-corrected chi connectivity index (χ3v) is 8.37. The minimum Gasteiger partial charge on any atom is -0.487 e. The van der Waals surface area contributed by atoms with Gasteiger partial charge in [0.1, 0.15) is 17.9 Å². The van der Waals surface area contributed by atoms with Crippen molar-refractivity contribution in [3.63, 3.8) is 0 Å². The van der Waals surface area contributed by atoms with E-state index in [1.165, 1.54) is 4.90 Å². The molecule has 5 aromatic rings. The number of amides is 3. The quantitative estimate of drug-likeness (QED) is 0.160. The number of carbonyl (C=O) groups excluding carboxylic acids is 3. The van der Waals surface area contributed by atoms with Crippen LogP contribution in [0, 0.1) is 6.92 Å². The van der Waals surface area contributed by atoms with Crippen LogP contribution in [0.3, 0.4) is 0 Å². The van der Waals surface area contributed by atoms with Gasteiger partial charge in [-0.15, -0.1) is 0 Å². The van der Waals surface area contributed by atoms with E-state index in [2.05, 4.69) is 4.98 Å². The number of nitrogens with zero attached hydrogens (tertiary/aromatic N) is 3. The molecule has 0 N–H and O–H groups in total. The fraction of sp³-hybridized carbons (Fsp3) is 0.143. The van der Waals surface area contributed by atoms with E-state index in [4.69, 9.17) is 27.9 Å². The fourth-order valence-corrected chi connectivity index (χ4v) is 5.83. The number of hydrogen-bond acceptors (Lipinski definition) is 5. The molecule has 1 aliphatic heterocycles. The van der Waals surface area contributed by atoms with Crippen molar-refractivity contribution in [1.29, 1.82) is 0 Å². The molecule has 44 heavy (non-hydrogen) atoms. The zero-order valence-corrected chi connectivity index (χ0v) is 25.3. The molecule has 4 aromatic carbocycles. The first kappa shape index (κ1) is 29.4. The summed E-state index contributed by atoms with van der Waals surface area (Å²) in [6, 6.07) is 29.0. The van der Waals surface area contributed by atoms with Crippen LogP contribution in [0.4, 0.5) is 0 Å². The molecule has 0 unspecified atom stereocenters. The number of pyridine rings is 1. The van der Waals surface area contributed by atoms with Crippen LogP contribution in [0.25, 0.3) is 10.9 Å². The topological polar surface area (TPSA) is 79.8 Å². The van der Waals surface area contributed by atoms with Gasteiger partial charge in [0.15, 0.2) is 0 Å². The highest BCUT2D eigenvalue weighted by Gasteiger charge is 2.35. The van der Waals surface area contributed by atoms with Crippen LogP contribution in [0.5, 0.6) is 5.75 Å². The molecule has 0 spiro atoms. The Morgan fingerprint density at radius 3 is 2.27 bits per heavy atom. The molecule has 0 atom stereocenters. The highest BCUT2D eigenvalue weighted by atomic mass is 35.5. The van der Waals surface area contributed by atoms with E-state index in [1.807, 2.05) is 67.6 Å². The summed E-state index contributed by atoms with van der Waals surface area (Å²) in [5.41, 5.74) is 3.88. The van der Waals surface area contributed by atoms with Crippen LogP contribution in [0.1, 0.15) is 47.9 Å². The Morgan fingerprint density at radius 1 is 0.841 bits per heavy atom. The van der Waals surface area contributed by atoms with E-state index in [9.17, 15) is 14.4 Å².